The normalized spacial score (nSPS) is 16.9. The van der Waals surface area contributed by atoms with Gasteiger partial charge in [0.15, 0.2) is 0 Å². The van der Waals surface area contributed by atoms with Crippen LogP contribution in [0.2, 0.25) is 0 Å². The van der Waals surface area contributed by atoms with Crippen LogP contribution in [0, 0.1) is 0 Å². The summed E-state index contributed by atoms with van der Waals surface area (Å²) in [7, 11) is 5.54. The molecule has 4 nitrogen and oxygen atoms in total. The Bertz CT molecular complexity index is 326. The number of ether oxygens (including phenoxy) is 2. The van der Waals surface area contributed by atoms with E-state index in [0.717, 1.165) is 39.3 Å². The van der Waals surface area contributed by atoms with Gasteiger partial charge in [-0.2, -0.15) is 0 Å². The van der Waals surface area contributed by atoms with Gasteiger partial charge in [0.2, 0.25) is 5.88 Å². The van der Waals surface area contributed by atoms with E-state index in [1.807, 2.05) is 0 Å². The second-order valence-electron chi connectivity index (χ2n) is 4.09. The number of morpholine rings is 1. The summed E-state index contributed by atoms with van der Waals surface area (Å²) >= 11 is 0. The van der Waals surface area contributed by atoms with Gasteiger partial charge in [0.05, 0.1) is 19.8 Å². The number of nitrogens with zero attached hydrogens (tertiary/aromatic N) is 2. The van der Waals surface area contributed by atoms with Crippen molar-refractivity contribution in [2.45, 2.75) is 6.42 Å². The molecular weight excluding hydrogens is 215 g/mol. The van der Waals surface area contributed by atoms with Crippen molar-refractivity contribution in [2.75, 3.05) is 39.5 Å². The van der Waals surface area contributed by atoms with Crippen LogP contribution in [0.1, 0.15) is 6.42 Å². The maximum absolute atomic E-state index is 5.54. The molecular formula is C12H17BN2O2. The first-order valence-corrected chi connectivity index (χ1v) is 5.99. The van der Waals surface area contributed by atoms with Crippen LogP contribution < -0.4 is 10.2 Å². The minimum absolute atomic E-state index is 0.640. The third kappa shape index (κ3) is 4.36. The zero-order valence-corrected chi connectivity index (χ0v) is 9.97. The Labute approximate surface area is 103 Å². The molecule has 0 saturated carbocycles. The topological polar surface area (TPSA) is 34.6 Å². The van der Waals surface area contributed by atoms with Gasteiger partial charge in [-0.05, 0) is 12.5 Å². The second kappa shape index (κ2) is 6.62. The van der Waals surface area contributed by atoms with Crippen LogP contribution in [-0.4, -0.2) is 57.2 Å². The standard InChI is InChI=1S/C12H17BN2O2/c13-11-2-3-12(14-10-11)17-7-1-4-15-5-8-16-9-6-15/h2-3,10H,1,4-9H2. The number of pyridine rings is 1. The number of hydrogen-bond acceptors (Lipinski definition) is 4. The number of aromatic nitrogens is 1. The molecule has 1 aliphatic rings. The predicted octanol–water partition coefficient (Wildman–Crippen LogP) is -0.0235. The highest BCUT2D eigenvalue weighted by atomic mass is 16.5. The molecule has 0 aromatic carbocycles. The van der Waals surface area contributed by atoms with Gasteiger partial charge in [0, 0.05) is 25.8 Å². The molecule has 0 amide bonds. The highest BCUT2D eigenvalue weighted by molar-refractivity contribution is 6.32. The van der Waals surface area contributed by atoms with Crippen molar-refractivity contribution < 1.29 is 9.47 Å². The minimum atomic E-state index is 0.640. The first kappa shape index (κ1) is 12.4. The van der Waals surface area contributed by atoms with E-state index in [-0.39, 0.29) is 0 Å². The van der Waals surface area contributed by atoms with Gasteiger partial charge in [-0.15, -0.1) is 0 Å². The number of hydrogen-bond donors (Lipinski definition) is 0. The highest BCUT2D eigenvalue weighted by Gasteiger charge is 2.09. The molecule has 1 saturated heterocycles. The SMILES string of the molecule is [B]c1ccc(OCCCN2CCOCC2)nc1. The molecule has 1 fully saturated rings. The van der Waals surface area contributed by atoms with Crippen LogP contribution in [0.15, 0.2) is 18.3 Å². The Morgan fingerprint density at radius 3 is 2.88 bits per heavy atom. The predicted molar refractivity (Wildman–Crippen MR) is 67.0 cm³/mol. The molecule has 0 bridgehead atoms. The van der Waals surface area contributed by atoms with Crippen LogP contribution in [0.5, 0.6) is 5.88 Å². The molecule has 1 aromatic heterocycles. The van der Waals surface area contributed by atoms with E-state index >= 15 is 0 Å². The van der Waals surface area contributed by atoms with Gasteiger partial charge >= 0.3 is 0 Å². The van der Waals surface area contributed by atoms with Crippen molar-refractivity contribution in [2.24, 2.45) is 0 Å². The van der Waals surface area contributed by atoms with Crippen LogP contribution in [0.4, 0.5) is 0 Å². The summed E-state index contributed by atoms with van der Waals surface area (Å²) in [4.78, 5) is 6.47. The number of rotatable bonds is 5. The summed E-state index contributed by atoms with van der Waals surface area (Å²) in [6, 6.07) is 3.59. The Morgan fingerprint density at radius 1 is 1.35 bits per heavy atom. The molecule has 0 aliphatic carbocycles. The Morgan fingerprint density at radius 2 is 2.18 bits per heavy atom. The van der Waals surface area contributed by atoms with E-state index in [4.69, 9.17) is 17.3 Å². The third-order valence-electron chi connectivity index (χ3n) is 2.73. The van der Waals surface area contributed by atoms with Crippen molar-refractivity contribution in [3.63, 3.8) is 0 Å². The van der Waals surface area contributed by atoms with Crippen molar-refractivity contribution in [1.29, 1.82) is 0 Å². The largest absolute Gasteiger partial charge is 0.478 e. The zero-order valence-electron chi connectivity index (χ0n) is 9.97. The van der Waals surface area contributed by atoms with E-state index in [2.05, 4.69) is 9.88 Å². The summed E-state index contributed by atoms with van der Waals surface area (Å²) in [5.74, 6) is 0.640. The Hall–Kier alpha value is -1.07. The summed E-state index contributed by atoms with van der Waals surface area (Å²) in [6.45, 7) is 5.49. The highest BCUT2D eigenvalue weighted by Crippen LogP contribution is 2.03. The summed E-state index contributed by atoms with van der Waals surface area (Å²) in [5, 5.41) is 0. The average molecular weight is 232 g/mol. The first-order valence-electron chi connectivity index (χ1n) is 5.99. The van der Waals surface area contributed by atoms with Gasteiger partial charge < -0.3 is 9.47 Å². The van der Waals surface area contributed by atoms with Gasteiger partial charge in [0.25, 0.3) is 0 Å². The molecule has 90 valence electrons. The fourth-order valence-electron chi connectivity index (χ4n) is 1.77. The van der Waals surface area contributed by atoms with E-state index in [9.17, 15) is 0 Å². The first-order chi connectivity index (χ1) is 8.34. The molecule has 2 rings (SSSR count). The molecule has 0 atom stereocenters. The fraction of sp³-hybridized carbons (Fsp3) is 0.583. The molecule has 1 aliphatic heterocycles. The fourth-order valence-corrected chi connectivity index (χ4v) is 1.77. The molecule has 2 radical (unpaired) electrons. The second-order valence-corrected chi connectivity index (χ2v) is 4.09. The van der Waals surface area contributed by atoms with Crippen molar-refractivity contribution in [1.82, 2.24) is 9.88 Å². The molecule has 0 N–H and O–H groups in total. The van der Waals surface area contributed by atoms with E-state index in [1.165, 1.54) is 0 Å². The van der Waals surface area contributed by atoms with Crippen LogP contribution in [0.25, 0.3) is 0 Å². The van der Waals surface area contributed by atoms with Crippen LogP contribution in [0.3, 0.4) is 0 Å². The molecule has 17 heavy (non-hydrogen) atoms. The van der Waals surface area contributed by atoms with Crippen molar-refractivity contribution in [3.8, 4) is 5.88 Å². The maximum Gasteiger partial charge on any atom is 0.213 e. The molecule has 0 spiro atoms. The van der Waals surface area contributed by atoms with Gasteiger partial charge in [-0.1, -0.05) is 11.5 Å². The summed E-state index contributed by atoms with van der Waals surface area (Å²) < 4.78 is 10.8. The van der Waals surface area contributed by atoms with Gasteiger partial charge in [-0.3, -0.25) is 4.90 Å². The molecule has 2 heterocycles. The summed E-state index contributed by atoms with van der Waals surface area (Å²) in [6.07, 6.45) is 2.61. The maximum atomic E-state index is 5.54. The van der Waals surface area contributed by atoms with Crippen molar-refractivity contribution >= 4 is 13.3 Å². The third-order valence-corrected chi connectivity index (χ3v) is 2.73. The molecule has 0 unspecified atom stereocenters. The van der Waals surface area contributed by atoms with E-state index in [0.29, 0.717) is 17.9 Å². The van der Waals surface area contributed by atoms with Gasteiger partial charge in [-0.25, -0.2) is 4.98 Å². The Kier molecular flexibility index (Phi) is 4.82. The van der Waals surface area contributed by atoms with E-state index < -0.39 is 0 Å². The van der Waals surface area contributed by atoms with Crippen LogP contribution >= 0.6 is 0 Å². The smallest absolute Gasteiger partial charge is 0.213 e. The zero-order chi connectivity index (χ0) is 11.9. The van der Waals surface area contributed by atoms with Crippen LogP contribution in [-0.2, 0) is 4.74 Å². The molecule has 5 heteroatoms. The minimum Gasteiger partial charge on any atom is -0.478 e. The monoisotopic (exact) mass is 232 g/mol. The van der Waals surface area contributed by atoms with E-state index in [1.54, 1.807) is 18.3 Å². The summed E-state index contributed by atoms with van der Waals surface area (Å²) in [5.41, 5.74) is 0.658. The lowest BCUT2D eigenvalue weighted by molar-refractivity contribution is 0.0357. The van der Waals surface area contributed by atoms with Gasteiger partial charge in [0.1, 0.15) is 7.85 Å². The lowest BCUT2D eigenvalue weighted by Crippen LogP contribution is -2.37. The lowest BCUT2D eigenvalue weighted by atomic mass is 9.99. The molecule has 1 aromatic rings. The lowest BCUT2D eigenvalue weighted by Gasteiger charge is -2.26. The average Bonchev–Trinajstić information content (AvgIpc) is 2.38. The quantitative estimate of drug-likeness (QED) is 0.527. The Balaban J connectivity index is 1.60. The van der Waals surface area contributed by atoms with Crippen molar-refractivity contribution in [3.05, 3.63) is 18.3 Å².